The van der Waals surface area contributed by atoms with Crippen molar-refractivity contribution in [3.05, 3.63) is 16.5 Å². The molecule has 0 aliphatic carbocycles. The molecule has 0 radical (unpaired) electrons. The van der Waals surface area contributed by atoms with Crippen LogP contribution in [0.15, 0.2) is 11.6 Å². The van der Waals surface area contributed by atoms with Gasteiger partial charge in [0, 0.05) is 27.2 Å². The van der Waals surface area contributed by atoms with Crippen LogP contribution in [-0.4, -0.2) is 43.0 Å². The van der Waals surface area contributed by atoms with Crippen LogP contribution in [0, 0.1) is 0 Å². The molecule has 0 atom stereocenters. The van der Waals surface area contributed by atoms with Crippen LogP contribution in [0.1, 0.15) is 23.0 Å². The third kappa shape index (κ3) is 2.48. The van der Waals surface area contributed by atoms with Crippen LogP contribution in [0.5, 0.6) is 0 Å². The molecule has 98 valence electrons. The van der Waals surface area contributed by atoms with Crippen molar-refractivity contribution in [3.63, 3.8) is 0 Å². The molecule has 1 aliphatic rings. The predicted octanol–water partition coefficient (Wildman–Crippen LogP) is 1.58. The maximum absolute atomic E-state index is 12.3. The number of amides is 1. The van der Waals surface area contributed by atoms with Gasteiger partial charge in [-0.3, -0.25) is 4.79 Å². The summed E-state index contributed by atoms with van der Waals surface area (Å²) in [5.41, 5.74) is 7.16. The molecule has 0 bridgehead atoms. The van der Waals surface area contributed by atoms with Gasteiger partial charge in [0.05, 0.1) is 0 Å². The summed E-state index contributed by atoms with van der Waals surface area (Å²) in [7, 11) is 3.78. The largest absolute Gasteiger partial charge is 0.382 e. The molecule has 0 aromatic carbocycles. The number of rotatable bonds is 2. The Hall–Kier alpha value is -1.56. The zero-order chi connectivity index (χ0) is 13.3. The summed E-state index contributed by atoms with van der Waals surface area (Å²) in [5, 5.41) is 0.764. The molecule has 2 heterocycles. The average molecular weight is 266 g/mol. The Morgan fingerprint density at radius 2 is 2.28 bits per heavy atom. The Bertz CT molecular complexity index is 492. The van der Waals surface area contributed by atoms with Gasteiger partial charge < -0.3 is 15.5 Å². The van der Waals surface area contributed by atoms with Crippen molar-refractivity contribution in [1.29, 1.82) is 0 Å². The number of thiazole rings is 1. The molecular formula is C12H18N4OS. The molecule has 1 amide bonds. The molecule has 0 spiro atoms. The first kappa shape index (κ1) is 12.9. The lowest BCUT2D eigenvalue weighted by molar-refractivity contribution is 0.0774. The van der Waals surface area contributed by atoms with Gasteiger partial charge in [-0.15, -0.1) is 0 Å². The van der Waals surface area contributed by atoms with Crippen LogP contribution >= 0.6 is 11.3 Å². The van der Waals surface area contributed by atoms with Crippen LogP contribution in [-0.2, 0) is 0 Å². The van der Waals surface area contributed by atoms with Gasteiger partial charge >= 0.3 is 0 Å². The monoisotopic (exact) mass is 266 g/mol. The molecule has 1 aromatic rings. The number of hydrogen-bond donors (Lipinski definition) is 1. The second-order valence-electron chi connectivity index (χ2n) is 4.66. The van der Waals surface area contributed by atoms with E-state index < -0.39 is 0 Å². The molecule has 2 N–H and O–H groups in total. The topological polar surface area (TPSA) is 62.5 Å². The lowest BCUT2D eigenvalue weighted by Crippen LogP contribution is -2.34. The van der Waals surface area contributed by atoms with E-state index in [1.807, 2.05) is 23.9 Å². The number of nitrogens with two attached hydrogens (primary N) is 1. The van der Waals surface area contributed by atoms with E-state index in [0.29, 0.717) is 17.2 Å². The summed E-state index contributed by atoms with van der Waals surface area (Å²) >= 11 is 1.35. The Balaban J connectivity index is 2.19. The smallest absolute Gasteiger partial charge is 0.268 e. The van der Waals surface area contributed by atoms with Crippen molar-refractivity contribution in [2.24, 2.45) is 0 Å². The minimum Gasteiger partial charge on any atom is -0.382 e. The number of carbonyl (C=O) groups excluding carboxylic acids is 1. The van der Waals surface area contributed by atoms with Gasteiger partial charge in [-0.1, -0.05) is 23.0 Å². The standard InChI is InChI=1S/C12H18N4OS/c1-8-4-6-16(7-5-8)11(17)9-10(13)14-12(18-9)15(2)3/h4H,5-7,13H2,1-3H3. The number of nitrogen functional groups attached to an aromatic ring is 1. The van der Waals surface area contributed by atoms with Crippen molar-refractivity contribution in [2.45, 2.75) is 13.3 Å². The number of anilines is 2. The van der Waals surface area contributed by atoms with E-state index in [4.69, 9.17) is 5.73 Å². The van der Waals surface area contributed by atoms with Gasteiger partial charge in [-0.25, -0.2) is 4.98 Å². The summed E-state index contributed by atoms with van der Waals surface area (Å²) < 4.78 is 0. The predicted molar refractivity (Wildman–Crippen MR) is 75.1 cm³/mol. The summed E-state index contributed by atoms with van der Waals surface area (Å²) in [5.74, 6) is 0.321. The Morgan fingerprint density at radius 3 is 2.78 bits per heavy atom. The first-order chi connectivity index (χ1) is 8.49. The number of aromatic nitrogens is 1. The quantitative estimate of drug-likeness (QED) is 0.826. The number of hydrogen-bond acceptors (Lipinski definition) is 5. The molecule has 5 nitrogen and oxygen atoms in total. The molecule has 0 unspecified atom stereocenters. The van der Waals surface area contributed by atoms with Crippen molar-refractivity contribution >= 4 is 28.2 Å². The van der Waals surface area contributed by atoms with E-state index in [1.165, 1.54) is 16.9 Å². The Morgan fingerprint density at radius 1 is 1.56 bits per heavy atom. The molecule has 0 saturated carbocycles. The zero-order valence-corrected chi connectivity index (χ0v) is 11.8. The zero-order valence-electron chi connectivity index (χ0n) is 10.9. The highest BCUT2D eigenvalue weighted by Gasteiger charge is 2.23. The number of nitrogens with zero attached hydrogens (tertiary/aromatic N) is 3. The van der Waals surface area contributed by atoms with Crippen LogP contribution in [0.25, 0.3) is 0 Å². The fourth-order valence-corrected chi connectivity index (χ4v) is 2.64. The van der Waals surface area contributed by atoms with Crippen molar-refractivity contribution in [3.8, 4) is 0 Å². The fraction of sp³-hybridized carbons (Fsp3) is 0.500. The summed E-state index contributed by atoms with van der Waals surface area (Å²) in [6.45, 7) is 3.52. The fourth-order valence-electron chi connectivity index (χ4n) is 1.76. The van der Waals surface area contributed by atoms with E-state index >= 15 is 0 Å². The molecule has 0 saturated heterocycles. The van der Waals surface area contributed by atoms with Crippen molar-refractivity contribution < 1.29 is 4.79 Å². The molecule has 0 fully saturated rings. The highest BCUT2D eigenvalue weighted by Crippen LogP contribution is 2.28. The summed E-state index contributed by atoms with van der Waals surface area (Å²) in [4.78, 5) is 20.8. The SMILES string of the molecule is CC1=CCN(C(=O)c2sc(N(C)C)nc2N)CC1. The van der Waals surface area contributed by atoms with Gasteiger partial charge in [0.2, 0.25) is 0 Å². The normalized spacial score (nSPS) is 15.5. The van der Waals surface area contributed by atoms with Gasteiger partial charge in [0.25, 0.3) is 5.91 Å². The van der Waals surface area contributed by atoms with Crippen LogP contribution in [0.4, 0.5) is 10.9 Å². The summed E-state index contributed by atoms with van der Waals surface area (Å²) in [6.07, 6.45) is 3.02. The number of carbonyl (C=O) groups is 1. The van der Waals surface area contributed by atoms with E-state index in [1.54, 1.807) is 0 Å². The maximum atomic E-state index is 12.3. The van der Waals surface area contributed by atoms with Crippen molar-refractivity contribution in [1.82, 2.24) is 9.88 Å². The third-order valence-corrected chi connectivity index (χ3v) is 4.17. The van der Waals surface area contributed by atoms with Crippen LogP contribution < -0.4 is 10.6 Å². The molecule has 1 aromatic heterocycles. The van der Waals surface area contributed by atoms with E-state index in [-0.39, 0.29) is 5.91 Å². The molecular weight excluding hydrogens is 248 g/mol. The first-order valence-electron chi connectivity index (χ1n) is 5.87. The molecule has 2 rings (SSSR count). The minimum absolute atomic E-state index is 0.0122. The maximum Gasteiger partial charge on any atom is 0.268 e. The van der Waals surface area contributed by atoms with Crippen molar-refractivity contribution in [2.75, 3.05) is 37.8 Å². The average Bonchev–Trinajstić information content (AvgIpc) is 2.71. The second kappa shape index (κ2) is 4.97. The van der Waals surface area contributed by atoms with Crippen LogP contribution in [0.3, 0.4) is 0 Å². The lowest BCUT2D eigenvalue weighted by Gasteiger charge is -2.24. The third-order valence-electron chi connectivity index (χ3n) is 2.94. The highest BCUT2D eigenvalue weighted by molar-refractivity contribution is 7.18. The highest BCUT2D eigenvalue weighted by atomic mass is 32.1. The second-order valence-corrected chi connectivity index (χ2v) is 5.63. The van der Waals surface area contributed by atoms with Gasteiger partial charge in [0.15, 0.2) is 5.13 Å². The van der Waals surface area contributed by atoms with E-state index in [9.17, 15) is 4.79 Å². The minimum atomic E-state index is -0.0122. The summed E-state index contributed by atoms with van der Waals surface area (Å²) in [6, 6.07) is 0. The van der Waals surface area contributed by atoms with Gasteiger partial charge in [-0.05, 0) is 13.3 Å². The first-order valence-corrected chi connectivity index (χ1v) is 6.69. The van der Waals surface area contributed by atoms with E-state index in [0.717, 1.165) is 18.1 Å². The molecule has 18 heavy (non-hydrogen) atoms. The lowest BCUT2D eigenvalue weighted by atomic mass is 10.1. The van der Waals surface area contributed by atoms with E-state index in [2.05, 4.69) is 18.0 Å². The van der Waals surface area contributed by atoms with Gasteiger partial charge in [0.1, 0.15) is 10.7 Å². The Labute approximate surface area is 111 Å². The molecule has 6 heteroatoms. The molecule has 1 aliphatic heterocycles. The van der Waals surface area contributed by atoms with Crippen LogP contribution in [0.2, 0.25) is 0 Å². The van der Waals surface area contributed by atoms with Gasteiger partial charge in [-0.2, -0.15) is 0 Å². The Kier molecular flexibility index (Phi) is 3.56.